The van der Waals surface area contributed by atoms with Crippen molar-refractivity contribution in [1.82, 2.24) is 0 Å². The maximum atomic E-state index is 11.7. The maximum absolute atomic E-state index is 11.7. The summed E-state index contributed by atoms with van der Waals surface area (Å²) in [6, 6.07) is 0. The highest BCUT2D eigenvalue weighted by atomic mass is 16.7. The van der Waals surface area contributed by atoms with Crippen molar-refractivity contribution in [2.45, 2.75) is 137 Å². The number of fused-ring (bicyclic) bond motifs is 1. The molecule has 202 valence electrons. The number of carbonyl (C=O) groups excluding carboxylic acids is 1. The number of carbonyl (C=O) groups is 1. The quantitative estimate of drug-likeness (QED) is 0.316. The lowest BCUT2D eigenvalue weighted by Crippen LogP contribution is -2.40. The molecule has 3 saturated carbocycles. The first-order valence-electron chi connectivity index (χ1n) is 15.0. The van der Waals surface area contributed by atoms with Gasteiger partial charge in [-0.15, -0.1) is 0 Å². The van der Waals surface area contributed by atoms with Gasteiger partial charge in [-0.3, -0.25) is 4.79 Å². The van der Waals surface area contributed by atoms with Crippen LogP contribution < -0.4 is 0 Å². The Bertz CT molecular complexity index is 886. The standard InChI is InChI=1S/C32H51NO3/c1-7-27-21-32(36-33-27)19-17-28(35-24(5)34)20-26(32)14-13-25-12-9-18-31(6)29(15-16-30(25)31)23(4)11-8-10-22(2)3/h13-14,22-23,28-30H,7-12,15-21H2,1-6H3/b25-13+,26-14+/t23-,28+,29-,30+,31-,32+/m1/s1. The van der Waals surface area contributed by atoms with Crippen LogP contribution >= 0.6 is 0 Å². The molecule has 0 amide bonds. The second-order valence-electron chi connectivity index (χ2n) is 13.1. The third-order valence-electron chi connectivity index (χ3n) is 10.1. The molecule has 4 heteroatoms. The van der Waals surface area contributed by atoms with E-state index in [1.54, 1.807) is 5.57 Å². The topological polar surface area (TPSA) is 47.9 Å². The van der Waals surface area contributed by atoms with Crippen LogP contribution in [-0.2, 0) is 14.4 Å². The van der Waals surface area contributed by atoms with Gasteiger partial charge in [0.1, 0.15) is 6.10 Å². The van der Waals surface area contributed by atoms with Crippen LogP contribution in [0.1, 0.15) is 125 Å². The summed E-state index contributed by atoms with van der Waals surface area (Å²) in [5.74, 6) is 3.00. The summed E-state index contributed by atoms with van der Waals surface area (Å²) >= 11 is 0. The van der Waals surface area contributed by atoms with Gasteiger partial charge in [0.15, 0.2) is 5.60 Å². The molecule has 4 aliphatic rings. The van der Waals surface area contributed by atoms with Gasteiger partial charge in [-0.05, 0) is 86.0 Å². The van der Waals surface area contributed by atoms with Gasteiger partial charge in [-0.25, -0.2) is 0 Å². The number of allylic oxidation sites excluding steroid dienone is 3. The van der Waals surface area contributed by atoms with Crippen molar-refractivity contribution in [3.8, 4) is 0 Å². The predicted molar refractivity (Wildman–Crippen MR) is 148 cm³/mol. The monoisotopic (exact) mass is 497 g/mol. The van der Waals surface area contributed by atoms with Crippen LogP contribution in [0, 0.1) is 29.1 Å². The lowest BCUT2D eigenvalue weighted by molar-refractivity contribution is -0.149. The summed E-state index contributed by atoms with van der Waals surface area (Å²) in [5.41, 5.74) is 4.17. The fourth-order valence-corrected chi connectivity index (χ4v) is 8.16. The van der Waals surface area contributed by atoms with Gasteiger partial charge >= 0.3 is 5.97 Å². The summed E-state index contributed by atoms with van der Waals surface area (Å²) in [5, 5.41) is 4.44. The minimum atomic E-state index is -0.333. The van der Waals surface area contributed by atoms with E-state index in [4.69, 9.17) is 9.57 Å². The van der Waals surface area contributed by atoms with Crippen LogP contribution in [0.3, 0.4) is 0 Å². The molecule has 36 heavy (non-hydrogen) atoms. The van der Waals surface area contributed by atoms with Gasteiger partial charge in [0.25, 0.3) is 0 Å². The van der Waals surface area contributed by atoms with Gasteiger partial charge in [0.05, 0.1) is 5.71 Å². The predicted octanol–water partition coefficient (Wildman–Crippen LogP) is 8.56. The SMILES string of the molecule is CCC1=NO[C@@]2(CC[C@H](OC(C)=O)C/C2=C\C=C2/CCC[C@]3(C)[C@@H]([C@H](C)CCCC(C)C)CC[C@@H]23)C1. The van der Waals surface area contributed by atoms with Gasteiger partial charge in [-0.2, -0.15) is 0 Å². The summed E-state index contributed by atoms with van der Waals surface area (Å²) < 4.78 is 5.65. The highest BCUT2D eigenvalue weighted by Crippen LogP contribution is 2.60. The molecule has 6 atom stereocenters. The molecule has 0 radical (unpaired) electrons. The normalized spacial score (nSPS) is 37.3. The first kappa shape index (κ1) is 27.5. The van der Waals surface area contributed by atoms with Crippen LogP contribution in [0.25, 0.3) is 0 Å². The van der Waals surface area contributed by atoms with Crippen LogP contribution in [0.4, 0.5) is 0 Å². The summed E-state index contributed by atoms with van der Waals surface area (Å²) in [6.07, 6.45) is 19.8. The van der Waals surface area contributed by atoms with E-state index >= 15 is 0 Å². The van der Waals surface area contributed by atoms with E-state index in [1.165, 1.54) is 63.9 Å². The van der Waals surface area contributed by atoms with Gasteiger partial charge in [-0.1, -0.05) is 76.8 Å². The second-order valence-corrected chi connectivity index (χ2v) is 13.1. The minimum Gasteiger partial charge on any atom is -0.462 e. The molecule has 4 nitrogen and oxygen atoms in total. The summed E-state index contributed by atoms with van der Waals surface area (Å²) in [4.78, 5) is 17.8. The number of esters is 1. The molecule has 0 unspecified atom stereocenters. The third-order valence-corrected chi connectivity index (χ3v) is 10.1. The van der Waals surface area contributed by atoms with E-state index in [9.17, 15) is 4.79 Å². The minimum absolute atomic E-state index is 0.0498. The number of nitrogens with zero attached hydrogens (tertiary/aromatic N) is 1. The van der Waals surface area contributed by atoms with Crippen molar-refractivity contribution < 1.29 is 14.4 Å². The van der Waals surface area contributed by atoms with E-state index in [0.717, 1.165) is 55.6 Å². The fraction of sp³-hybridized carbons (Fsp3) is 0.812. The number of rotatable bonds is 8. The Morgan fingerprint density at radius 2 is 1.97 bits per heavy atom. The Labute approximate surface area is 220 Å². The molecule has 0 N–H and O–H groups in total. The van der Waals surface area contributed by atoms with Crippen LogP contribution in [0.15, 0.2) is 28.5 Å². The molecule has 1 spiro atoms. The van der Waals surface area contributed by atoms with Crippen molar-refractivity contribution in [2.75, 3.05) is 0 Å². The molecule has 0 saturated heterocycles. The highest BCUT2D eigenvalue weighted by Gasteiger charge is 2.51. The summed E-state index contributed by atoms with van der Waals surface area (Å²) in [7, 11) is 0. The molecule has 0 aromatic heterocycles. The summed E-state index contributed by atoms with van der Waals surface area (Å²) in [6.45, 7) is 13.5. The van der Waals surface area contributed by atoms with E-state index in [1.807, 2.05) is 0 Å². The Balaban J connectivity index is 1.52. The maximum Gasteiger partial charge on any atom is 0.302 e. The Morgan fingerprint density at radius 1 is 1.17 bits per heavy atom. The Kier molecular flexibility index (Phi) is 8.72. The largest absolute Gasteiger partial charge is 0.462 e. The molecule has 3 aliphatic carbocycles. The second kappa shape index (κ2) is 11.4. The van der Waals surface area contributed by atoms with Crippen molar-refractivity contribution in [3.05, 3.63) is 23.3 Å². The molecule has 0 aromatic carbocycles. The van der Waals surface area contributed by atoms with E-state index in [-0.39, 0.29) is 17.7 Å². The first-order valence-corrected chi connectivity index (χ1v) is 15.0. The zero-order valence-corrected chi connectivity index (χ0v) is 23.9. The Hall–Kier alpha value is -1.58. The zero-order valence-electron chi connectivity index (χ0n) is 23.9. The molecule has 0 bridgehead atoms. The van der Waals surface area contributed by atoms with E-state index in [2.05, 4.69) is 51.9 Å². The lowest BCUT2D eigenvalue weighted by atomic mass is 9.60. The molecular formula is C32H51NO3. The van der Waals surface area contributed by atoms with Crippen molar-refractivity contribution >= 4 is 11.7 Å². The van der Waals surface area contributed by atoms with Gasteiger partial charge in [0.2, 0.25) is 0 Å². The number of hydrogen-bond donors (Lipinski definition) is 0. The van der Waals surface area contributed by atoms with Crippen molar-refractivity contribution in [3.63, 3.8) is 0 Å². The molecular weight excluding hydrogens is 446 g/mol. The Morgan fingerprint density at radius 3 is 2.67 bits per heavy atom. The molecule has 3 fully saturated rings. The van der Waals surface area contributed by atoms with Crippen LogP contribution in [-0.4, -0.2) is 23.4 Å². The highest BCUT2D eigenvalue weighted by molar-refractivity contribution is 5.86. The number of ether oxygens (including phenoxy) is 1. The number of oxime groups is 1. The zero-order chi connectivity index (χ0) is 25.9. The van der Waals surface area contributed by atoms with E-state index < -0.39 is 0 Å². The van der Waals surface area contributed by atoms with Gasteiger partial charge < -0.3 is 9.57 Å². The molecule has 4 rings (SSSR count). The van der Waals surface area contributed by atoms with Crippen molar-refractivity contribution in [1.29, 1.82) is 0 Å². The average Bonchev–Trinajstić information content (AvgIpc) is 3.40. The van der Waals surface area contributed by atoms with Crippen molar-refractivity contribution in [2.24, 2.45) is 34.2 Å². The molecule has 0 aromatic rings. The van der Waals surface area contributed by atoms with Gasteiger partial charge in [0, 0.05) is 19.8 Å². The molecule has 1 heterocycles. The smallest absolute Gasteiger partial charge is 0.302 e. The average molecular weight is 498 g/mol. The number of hydrogen-bond acceptors (Lipinski definition) is 4. The third kappa shape index (κ3) is 5.78. The first-order chi connectivity index (χ1) is 17.2. The van der Waals surface area contributed by atoms with Crippen LogP contribution in [0.2, 0.25) is 0 Å². The molecule has 1 aliphatic heterocycles. The lowest BCUT2D eigenvalue weighted by Gasteiger charge is -2.44. The van der Waals surface area contributed by atoms with E-state index in [0.29, 0.717) is 11.3 Å². The van der Waals surface area contributed by atoms with Crippen LogP contribution in [0.5, 0.6) is 0 Å². The fourth-order valence-electron chi connectivity index (χ4n) is 8.16.